The Morgan fingerprint density at radius 1 is 1.36 bits per heavy atom. The fourth-order valence-corrected chi connectivity index (χ4v) is 2.30. The first-order valence-corrected chi connectivity index (χ1v) is 5.07. The normalized spacial score (nSPS) is 23.7. The number of nitrogens with zero attached hydrogens (tertiary/aromatic N) is 1. The molecule has 0 aromatic heterocycles. The summed E-state index contributed by atoms with van der Waals surface area (Å²) in [5.41, 5.74) is 9.55. The highest BCUT2D eigenvalue weighted by Crippen LogP contribution is 2.44. The third kappa shape index (κ3) is 1.03. The Bertz CT molecular complexity index is 369. The van der Waals surface area contributed by atoms with Gasteiger partial charge >= 0.3 is 0 Å². The molecule has 1 aliphatic rings. The maximum atomic E-state index is 5.80. The molecule has 0 bridgehead atoms. The van der Waals surface area contributed by atoms with E-state index in [9.17, 15) is 0 Å². The van der Waals surface area contributed by atoms with Crippen molar-refractivity contribution < 1.29 is 0 Å². The zero-order valence-electron chi connectivity index (χ0n) is 9.33. The number of rotatable bonds is 0. The molecule has 14 heavy (non-hydrogen) atoms. The van der Waals surface area contributed by atoms with Crippen molar-refractivity contribution in [2.24, 2.45) is 0 Å². The fraction of sp³-hybridized carbons (Fsp3) is 0.500. The van der Waals surface area contributed by atoms with E-state index in [-0.39, 0.29) is 5.41 Å². The van der Waals surface area contributed by atoms with Crippen LogP contribution >= 0.6 is 0 Å². The lowest BCUT2D eigenvalue weighted by Gasteiger charge is -2.28. The van der Waals surface area contributed by atoms with Crippen molar-refractivity contribution in [3.05, 3.63) is 23.8 Å². The fourth-order valence-electron chi connectivity index (χ4n) is 2.30. The summed E-state index contributed by atoms with van der Waals surface area (Å²) in [6, 6.07) is 6.75. The molecule has 0 radical (unpaired) electrons. The molecule has 0 spiro atoms. The highest BCUT2D eigenvalue weighted by molar-refractivity contribution is 5.68. The third-order valence-corrected chi connectivity index (χ3v) is 3.72. The summed E-state index contributed by atoms with van der Waals surface area (Å²) < 4.78 is 0. The smallest absolute Gasteiger partial charge is 0.0425 e. The minimum absolute atomic E-state index is 0.220. The summed E-state index contributed by atoms with van der Waals surface area (Å²) in [4.78, 5) is 2.31. The molecular formula is C12H18N2. The molecule has 2 nitrogen and oxygen atoms in total. The molecular weight excluding hydrogens is 172 g/mol. The molecule has 1 aromatic rings. The second kappa shape index (κ2) is 2.66. The van der Waals surface area contributed by atoms with Crippen LogP contribution in [0.2, 0.25) is 0 Å². The van der Waals surface area contributed by atoms with Gasteiger partial charge in [0, 0.05) is 29.9 Å². The molecule has 1 atom stereocenters. The van der Waals surface area contributed by atoms with Crippen LogP contribution in [0.15, 0.2) is 18.2 Å². The van der Waals surface area contributed by atoms with Crippen LogP contribution in [0.1, 0.15) is 26.3 Å². The first kappa shape index (κ1) is 9.38. The van der Waals surface area contributed by atoms with Crippen LogP contribution in [-0.2, 0) is 5.41 Å². The SMILES string of the molecule is C[C@H]1N(C)c2cc(N)ccc2C1(C)C. The molecule has 2 heteroatoms. The van der Waals surface area contributed by atoms with Crippen LogP contribution in [0.5, 0.6) is 0 Å². The Kier molecular flexibility index (Phi) is 1.78. The molecule has 0 saturated carbocycles. The Balaban J connectivity index is 2.62. The maximum Gasteiger partial charge on any atom is 0.0425 e. The topological polar surface area (TPSA) is 29.3 Å². The monoisotopic (exact) mass is 190 g/mol. The van der Waals surface area contributed by atoms with Gasteiger partial charge in [-0.2, -0.15) is 0 Å². The third-order valence-electron chi connectivity index (χ3n) is 3.72. The summed E-state index contributed by atoms with van der Waals surface area (Å²) in [5, 5.41) is 0. The Hall–Kier alpha value is -1.18. The average molecular weight is 190 g/mol. The zero-order chi connectivity index (χ0) is 10.5. The van der Waals surface area contributed by atoms with Gasteiger partial charge in [-0.15, -0.1) is 0 Å². The number of nitrogen functional groups attached to an aromatic ring is 1. The molecule has 76 valence electrons. The van der Waals surface area contributed by atoms with E-state index >= 15 is 0 Å². The van der Waals surface area contributed by atoms with Crippen molar-refractivity contribution in [1.82, 2.24) is 0 Å². The van der Waals surface area contributed by atoms with Crippen molar-refractivity contribution in [2.45, 2.75) is 32.2 Å². The second-order valence-electron chi connectivity index (χ2n) is 4.79. The summed E-state index contributed by atoms with van der Waals surface area (Å²) >= 11 is 0. The summed E-state index contributed by atoms with van der Waals surface area (Å²) in [5.74, 6) is 0. The van der Waals surface area contributed by atoms with Gasteiger partial charge < -0.3 is 10.6 Å². The lowest BCUT2D eigenvalue weighted by atomic mass is 9.81. The summed E-state index contributed by atoms with van der Waals surface area (Å²) in [7, 11) is 2.14. The standard InChI is InChI=1S/C12H18N2/c1-8-12(2,3)10-6-5-9(13)7-11(10)14(8)4/h5-8H,13H2,1-4H3/t8-/m1/s1. The molecule has 2 N–H and O–H groups in total. The summed E-state index contributed by atoms with van der Waals surface area (Å²) in [6.45, 7) is 6.84. The van der Waals surface area contributed by atoms with E-state index in [4.69, 9.17) is 5.73 Å². The molecule has 1 aliphatic heterocycles. The van der Waals surface area contributed by atoms with Gasteiger partial charge in [-0.1, -0.05) is 19.9 Å². The highest BCUT2D eigenvalue weighted by atomic mass is 15.2. The average Bonchev–Trinajstić information content (AvgIpc) is 2.28. The number of hydrogen-bond donors (Lipinski definition) is 1. The van der Waals surface area contributed by atoms with Crippen LogP contribution < -0.4 is 10.6 Å². The molecule has 1 heterocycles. The van der Waals surface area contributed by atoms with E-state index < -0.39 is 0 Å². The van der Waals surface area contributed by atoms with E-state index in [0.717, 1.165) is 5.69 Å². The molecule has 0 saturated heterocycles. The van der Waals surface area contributed by atoms with Crippen LogP contribution in [0.3, 0.4) is 0 Å². The number of likely N-dealkylation sites (N-methyl/N-ethyl adjacent to an activating group) is 1. The van der Waals surface area contributed by atoms with Crippen LogP contribution in [0.4, 0.5) is 11.4 Å². The van der Waals surface area contributed by atoms with Gasteiger partial charge in [-0.25, -0.2) is 0 Å². The van der Waals surface area contributed by atoms with E-state index in [0.29, 0.717) is 6.04 Å². The van der Waals surface area contributed by atoms with Crippen molar-refractivity contribution in [2.75, 3.05) is 17.7 Å². The van der Waals surface area contributed by atoms with Crippen LogP contribution in [0, 0.1) is 0 Å². The predicted molar refractivity (Wildman–Crippen MR) is 61.7 cm³/mol. The predicted octanol–water partition coefficient (Wildman–Crippen LogP) is 2.38. The first-order valence-electron chi connectivity index (χ1n) is 5.07. The molecule has 0 aliphatic carbocycles. The van der Waals surface area contributed by atoms with Gasteiger partial charge in [0.15, 0.2) is 0 Å². The minimum atomic E-state index is 0.220. The van der Waals surface area contributed by atoms with Gasteiger partial charge in [0.25, 0.3) is 0 Å². The van der Waals surface area contributed by atoms with Crippen LogP contribution in [-0.4, -0.2) is 13.1 Å². The van der Waals surface area contributed by atoms with Gasteiger partial charge in [0.1, 0.15) is 0 Å². The highest BCUT2D eigenvalue weighted by Gasteiger charge is 2.39. The van der Waals surface area contributed by atoms with Gasteiger partial charge in [0.2, 0.25) is 0 Å². The van der Waals surface area contributed by atoms with E-state index in [1.54, 1.807) is 0 Å². The van der Waals surface area contributed by atoms with E-state index in [1.807, 2.05) is 6.07 Å². The largest absolute Gasteiger partial charge is 0.399 e. The van der Waals surface area contributed by atoms with E-state index in [1.165, 1.54) is 11.3 Å². The molecule has 1 aromatic carbocycles. The lowest BCUT2D eigenvalue weighted by molar-refractivity contribution is 0.454. The second-order valence-corrected chi connectivity index (χ2v) is 4.79. The van der Waals surface area contributed by atoms with Gasteiger partial charge in [0.05, 0.1) is 0 Å². The number of hydrogen-bond acceptors (Lipinski definition) is 2. The summed E-state index contributed by atoms with van der Waals surface area (Å²) in [6.07, 6.45) is 0. The number of fused-ring (bicyclic) bond motifs is 1. The maximum absolute atomic E-state index is 5.80. The minimum Gasteiger partial charge on any atom is -0.399 e. The Labute approximate surface area is 85.7 Å². The van der Waals surface area contributed by atoms with E-state index in [2.05, 4.69) is 44.9 Å². The number of nitrogens with two attached hydrogens (primary N) is 1. The Morgan fingerprint density at radius 3 is 2.64 bits per heavy atom. The molecule has 2 rings (SSSR count). The number of benzene rings is 1. The quantitative estimate of drug-likeness (QED) is 0.636. The van der Waals surface area contributed by atoms with Gasteiger partial charge in [-0.3, -0.25) is 0 Å². The molecule has 0 amide bonds. The first-order chi connectivity index (χ1) is 6.44. The molecule has 0 unspecified atom stereocenters. The number of anilines is 2. The lowest BCUT2D eigenvalue weighted by Crippen LogP contribution is -2.36. The van der Waals surface area contributed by atoms with Crippen molar-refractivity contribution in [1.29, 1.82) is 0 Å². The van der Waals surface area contributed by atoms with Crippen molar-refractivity contribution in [3.63, 3.8) is 0 Å². The van der Waals surface area contributed by atoms with Gasteiger partial charge in [-0.05, 0) is 24.6 Å². The zero-order valence-corrected chi connectivity index (χ0v) is 9.33. The molecule has 0 fully saturated rings. The van der Waals surface area contributed by atoms with Crippen LogP contribution in [0.25, 0.3) is 0 Å². The van der Waals surface area contributed by atoms with Crippen molar-refractivity contribution >= 4 is 11.4 Å². The van der Waals surface area contributed by atoms with Crippen molar-refractivity contribution in [3.8, 4) is 0 Å². The Morgan fingerprint density at radius 2 is 2.00 bits per heavy atom.